The van der Waals surface area contributed by atoms with Crippen molar-refractivity contribution in [2.45, 2.75) is 38.0 Å². The Morgan fingerprint density at radius 1 is 1.50 bits per heavy atom. The van der Waals surface area contributed by atoms with E-state index in [1.807, 2.05) is 0 Å². The van der Waals surface area contributed by atoms with Crippen LogP contribution in [-0.4, -0.2) is 61.3 Å². The van der Waals surface area contributed by atoms with Gasteiger partial charge >= 0.3 is 0 Å². The molecule has 0 aromatic heterocycles. The molecule has 4 heteroatoms. The summed E-state index contributed by atoms with van der Waals surface area (Å²) in [5.74, 6) is 2.61. The third-order valence-electron chi connectivity index (χ3n) is 3.51. The number of ether oxygens (including phenoxy) is 1. The molecule has 0 bridgehead atoms. The Bertz CT molecular complexity index is 209. The molecule has 0 aromatic carbocycles. The summed E-state index contributed by atoms with van der Waals surface area (Å²) in [5.41, 5.74) is 0. The number of hydrogen-bond acceptors (Lipinski definition) is 4. The normalized spacial score (nSPS) is 34.9. The van der Waals surface area contributed by atoms with Gasteiger partial charge in [-0.05, 0) is 32.6 Å². The number of rotatable bonds is 3. The lowest BCUT2D eigenvalue weighted by Crippen LogP contribution is -2.53. The van der Waals surface area contributed by atoms with Gasteiger partial charge in [-0.15, -0.1) is 0 Å². The molecule has 1 N–H and O–H groups in total. The summed E-state index contributed by atoms with van der Waals surface area (Å²) in [6, 6.07) is 1.18. The second-order valence-electron chi connectivity index (χ2n) is 5.04. The predicted octanol–water partition coefficient (Wildman–Crippen LogP) is 1.19. The van der Waals surface area contributed by atoms with E-state index in [2.05, 4.69) is 35.9 Å². The van der Waals surface area contributed by atoms with Crippen molar-refractivity contribution in [3.63, 3.8) is 0 Å². The van der Waals surface area contributed by atoms with E-state index in [0.717, 1.165) is 19.7 Å². The van der Waals surface area contributed by atoms with Gasteiger partial charge in [0.15, 0.2) is 0 Å². The van der Waals surface area contributed by atoms with Gasteiger partial charge in [0.05, 0.1) is 12.7 Å². The van der Waals surface area contributed by atoms with Crippen LogP contribution in [0.5, 0.6) is 0 Å². The van der Waals surface area contributed by atoms with Crippen molar-refractivity contribution in [2.75, 3.05) is 38.2 Å². The van der Waals surface area contributed by atoms with Gasteiger partial charge in [0.2, 0.25) is 0 Å². The monoisotopic (exact) mass is 244 g/mol. The van der Waals surface area contributed by atoms with Crippen molar-refractivity contribution in [1.82, 2.24) is 10.2 Å². The van der Waals surface area contributed by atoms with Crippen LogP contribution >= 0.6 is 11.8 Å². The second-order valence-corrected chi connectivity index (χ2v) is 6.19. The standard InChI is InChI=1S/C12H24N2OS/c1-10(12-8-14(2)5-6-15-12)13-11-4-3-7-16-9-11/h10-13H,3-9H2,1-2H3/t10-,11+,12-/m0/s1. The smallest absolute Gasteiger partial charge is 0.0852 e. The third-order valence-corrected chi connectivity index (χ3v) is 4.73. The molecule has 0 amide bonds. The van der Waals surface area contributed by atoms with Crippen LogP contribution in [0.2, 0.25) is 0 Å². The molecule has 2 rings (SSSR count). The lowest BCUT2D eigenvalue weighted by atomic mass is 10.1. The van der Waals surface area contributed by atoms with Crippen LogP contribution in [0, 0.1) is 0 Å². The fourth-order valence-corrected chi connectivity index (χ4v) is 3.55. The summed E-state index contributed by atoms with van der Waals surface area (Å²) in [6.45, 7) is 5.28. The molecule has 2 saturated heterocycles. The lowest BCUT2D eigenvalue weighted by Gasteiger charge is -2.36. The molecule has 2 heterocycles. The SMILES string of the molecule is C[C@H](N[C@@H]1CCCSC1)[C@@H]1CN(C)CCO1. The zero-order chi connectivity index (χ0) is 11.4. The number of thioether (sulfide) groups is 1. The van der Waals surface area contributed by atoms with Gasteiger partial charge < -0.3 is 15.0 Å². The Kier molecular flexibility index (Phi) is 4.95. The van der Waals surface area contributed by atoms with Gasteiger partial charge in [0, 0.05) is 30.9 Å². The van der Waals surface area contributed by atoms with E-state index in [1.165, 1.54) is 24.3 Å². The molecule has 0 radical (unpaired) electrons. The molecule has 0 spiro atoms. The number of nitrogens with one attached hydrogen (secondary N) is 1. The Balaban J connectivity index is 1.75. The molecule has 3 atom stereocenters. The van der Waals surface area contributed by atoms with Gasteiger partial charge in [-0.3, -0.25) is 0 Å². The number of likely N-dealkylation sites (N-methyl/N-ethyl adjacent to an activating group) is 1. The molecule has 2 aliphatic heterocycles. The highest BCUT2D eigenvalue weighted by molar-refractivity contribution is 7.99. The topological polar surface area (TPSA) is 24.5 Å². The molecule has 0 unspecified atom stereocenters. The quantitative estimate of drug-likeness (QED) is 0.806. The summed E-state index contributed by atoms with van der Waals surface area (Å²) in [5, 5.41) is 3.74. The first-order chi connectivity index (χ1) is 7.75. The molecule has 2 fully saturated rings. The van der Waals surface area contributed by atoms with Crippen LogP contribution in [-0.2, 0) is 4.74 Å². The molecular formula is C12H24N2OS. The summed E-state index contributed by atoms with van der Waals surface area (Å²) < 4.78 is 5.84. The van der Waals surface area contributed by atoms with Crippen molar-refractivity contribution in [2.24, 2.45) is 0 Å². The molecule has 3 nitrogen and oxygen atoms in total. The lowest BCUT2D eigenvalue weighted by molar-refractivity contribution is -0.0369. The Morgan fingerprint density at radius 3 is 3.06 bits per heavy atom. The Morgan fingerprint density at radius 2 is 2.38 bits per heavy atom. The highest BCUT2D eigenvalue weighted by Gasteiger charge is 2.25. The van der Waals surface area contributed by atoms with Gasteiger partial charge in [-0.2, -0.15) is 11.8 Å². The molecule has 0 aliphatic carbocycles. The largest absolute Gasteiger partial charge is 0.374 e. The van der Waals surface area contributed by atoms with Crippen molar-refractivity contribution >= 4 is 11.8 Å². The molecule has 94 valence electrons. The van der Waals surface area contributed by atoms with E-state index in [0.29, 0.717) is 18.2 Å². The van der Waals surface area contributed by atoms with Crippen LogP contribution in [0.4, 0.5) is 0 Å². The van der Waals surface area contributed by atoms with E-state index in [9.17, 15) is 0 Å². The van der Waals surface area contributed by atoms with E-state index < -0.39 is 0 Å². The van der Waals surface area contributed by atoms with Gasteiger partial charge in [0.1, 0.15) is 0 Å². The van der Waals surface area contributed by atoms with Crippen molar-refractivity contribution < 1.29 is 4.74 Å². The average molecular weight is 244 g/mol. The minimum Gasteiger partial charge on any atom is -0.374 e. The minimum atomic E-state index is 0.366. The van der Waals surface area contributed by atoms with E-state index in [1.54, 1.807) is 0 Å². The van der Waals surface area contributed by atoms with Crippen LogP contribution in [0.25, 0.3) is 0 Å². The fraction of sp³-hybridized carbons (Fsp3) is 1.00. The Labute approximate surface area is 103 Å². The van der Waals surface area contributed by atoms with Crippen molar-refractivity contribution in [3.8, 4) is 0 Å². The van der Waals surface area contributed by atoms with Crippen LogP contribution in [0.15, 0.2) is 0 Å². The number of morpholine rings is 1. The number of nitrogens with zero attached hydrogens (tertiary/aromatic N) is 1. The molecule has 0 saturated carbocycles. The zero-order valence-electron chi connectivity index (χ0n) is 10.4. The van der Waals surface area contributed by atoms with Crippen molar-refractivity contribution in [3.05, 3.63) is 0 Å². The molecule has 16 heavy (non-hydrogen) atoms. The molecule has 2 aliphatic rings. The van der Waals surface area contributed by atoms with Crippen LogP contribution in [0.1, 0.15) is 19.8 Å². The third kappa shape index (κ3) is 3.62. The highest BCUT2D eigenvalue weighted by Crippen LogP contribution is 2.18. The zero-order valence-corrected chi connectivity index (χ0v) is 11.3. The van der Waals surface area contributed by atoms with Crippen molar-refractivity contribution in [1.29, 1.82) is 0 Å². The predicted molar refractivity (Wildman–Crippen MR) is 70.2 cm³/mol. The second kappa shape index (κ2) is 6.24. The van der Waals surface area contributed by atoms with E-state index in [-0.39, 0.29) is 0 Å². The summed E-state index contributed by atoms with van der Waals surface area (Å²) in [6.07, 6.45) is 3.06. The maximum atomic E-state index is 5.84. The maximum absolute atomic E-state index is 5.84. The minimum absolute atomic E-state index is 0.366. The van der Waals surface area contributed by atoms with Gasteiger partial charge in [-0.25, -0.2) is 0 Å². The number of hydrogen-bond donors (Lipinski definition) is 1. The van der Waals surface area contributed by atoms with E-state index >= 15 is 0 Å². The first kappa shape index (κ1) is 12.7. The van der Waals surface area contributed by atoms with Gasteiger partial charge in [0.25, 0.3) is 0 Å². The van der Waals surface area contributed by atoms with E-state index in [4.69, 9.17) is 4.74 Å². The highest BCUT2D eigenvalue weighted by atomic mass is 32.2. The van der Waals surface area contributed by atoms with Crippen LogP contribution < -0.4 is 5.32 Å². The first-order valence-electron chi connectivity index (χ1n) is 6.39. The summed E-state index contributed by atoms with van der Waals surface area (Å²) in [4.78, 5) is 2.36. The molecule has 0 aromatic rings. The Hall–Kier alpha value is 0.230. The average Bonchev–Trinajstić information content (AvgIpc) is 2.30. The molecular weight excluding hydrogens is 220 g/mol. The fourth-order valence-electron chi connectivity index (χ4n) is 2.46. The van der Waals surface area contributed by atoms with Crippen LogP contribution in [0.3, 0.4) is 0 Å². The maximum Gasteiger partial charge on any atom is 0.0852 e. The van der Waals surface area contributed by atoms with Gasteiger partial charge in [-0.1, -0.05) is 0 Å². The summed E-state index contributed by atoms with van der Waals surface area (Å²) in [7, 11) is 2.18. The first-order valence-corrected chi connectivity index (χ1v) is 7.55. The summed E-state index contributed by atoms with van der Waals surface area (Å²) >= 11 is 2.08.